The molecule has 0 spiro atoms. The highest BCUT2D eigenvalue weighted by molar-refractivity contribution is 9.12. The number of fused-ring (bicyclic) bond motifs is 2. The number of ether oxygens (including phenoxy) is 3. The zero-order chi connectivity index (χ0) is 14.4. The first-order valence-electron chi connectivity index (χ1n) is 5.30. The van der Waals surface area contributed by atoms with Crippen molar-refractivity contribution >= 4 is 49.8 Å². The fraction of sp³-hybridized carbons (Fsp3) is 0.545. The molecule has 104 valence electrons. The molecule has 3 rings (SSSR count). The molecule has 0 aromatic heterocycles. The fourth-order valence-electron chi connectivity index (χ4n) is 2.34. The third-order valence-corrected chi connectivity index (χ3v) is 4.96. The van der Waals surface area contributed by atoms with Crippen LogP contribution in [0.25, 0.3) is 0 Å². The summed E-state index contributed by atoms with van der Waals surface area (Å²) >= 11 is 6.43. The molecule has 2 heterocycles. The van der Waals surface area contributed by atoms with Gasteiger partial charge in [-0.05, 0) is 6.08 Å². The molecule has 0 N–H and O–H groups in total. The van der Waals surface area contributed by atoms with Crippen LogP contribution in [-0.4, -0.2) is 42.6 Å². The Labute approximate surface area is 125 Å². The van der Waals surface area contributed by atoms with Crippen LogP contribution >= 0.6 is 31.9 Å². The lowest BCUT2D eigenvalue weighted by Crippen LogP contribution is -2.62. The second-order valence-electron chi connectivity index (χ2n) is 4.17. The molecular weight excluding hydrogens is 388 g/mol. The molecule has 4 atom stereocenters. The van der Waals surface area contributed by atoms with Crippen LogP contribution in [0, 0.1) is 11.8 Å². The number of esters is 3. The van der Waals surface area contributed by atoms with Crippen molar-refractivity contribution in [3.63, 3.8) is 0 Å². The van der Waals surface area contributed by atoms with Crippen molar-refractivity contribution < 1.29 is 28.6 Å². The van der Waals surface area contributed by atoms with Gasteiger partial charge in [-0.25, -0.2) is 0 Å². The number of halogens is 2. The first-order chi connectivity index (χ1) is 8.86. The Kier molecular flexibility index (Phi) is 3.74. The van der Waals surface area contributed by atoms with Crippen LogP contribution in [0.15, 0.2) is 10.6 Å². The molecule has 3 aliphatic rings. The smallest absolute Gasteiger partial charge is 0.328 e. The van der Waals surface area contributed by atoms with Gasteiger partial charge in [0.25, 0.3) is 0 Å². The normalized spacial score (nSPS) is 36.3. The number of hydrogen-bond acceptors (Lipinski definition) is 6. The summed E-state index contributed by atoms with van der Waals surface area (Å²) in [6, 6.07) is 0. The number of carbonyl (C=O) groups excluding carboxylic acids is 3. The molecule has 2 aliphatic heterocycles. The highest BCUT2D eigenvalue weighted by Gasteiger charge is 2.65. The summed E-state index contributed by atoms with van der Waals surface area (Å²) in [5, 5.41) is 0. The summed E-state index contributed by atoms with van der Waals surface area (Å²) in [5.41, 5.74) is 0. The first kappa shape index (κ1) is 14.5. The van der Waals surface area contributed by atoms with Crippen LogP contribution in [-0.2, 0) is 28.6 Å². The Bertz CT molecular complexity index is 488. The van der Waals surface area contributed by atoms with Crippen molar-refractivity contribution in [1.29, 1.82) is 0 Å². The van der Waals surface area contributed by atoms with E-state index in [2.05, 4.69) is 41.3 Å². The van der Waals surface area contributed by atoms with Gasteiger partial charge in [0.1, 0.15) is 17.9 Å². The van der Waals surface area contributed by atoms with Crippen LogP contribution in [0.4, 0.5) is 0 Å². The van der Waals surface area contributed by atoms with Crippen molar-refractivity contribution in [2.45, 2.75) is 10.4 Å². The maximum absolute atomic E-state index is 11.9. The topological polar surface area (TPSA) is 78.9 Å². The summed E-state index contributed by atoms with van der Waals surface area (Å²) in [6.45, 7) is 0. The van der Waals surface area contributed by atoms with E-state index in [1.165, 1.54) is 20.3 Å². The van der Waals surface area contributed by atoms with E-state index in [-0.39, 0.29) is 0 Å². The Morgan fingerprint density at radius 1 is 1.32 bits per heavy atom. The van der Waals surface area contributed by atoms with Crippen molar-refractivity contribution in [3.05, 3.63) is 10.6 Å². The Morgan fingerprint density at radius 2 is 1.89 bits per heavy atom. The van der Waals surface area contributed by atoms with Crippen LogP contribution in [0.2, 0.25) is 0 Å². The Balaban J connectivity index is 2.56. The summed E-state index contributed by atoms with van der Waals surface area (Å²) in [6.07, 6.45) is 0.647. The van der Waals surface area contributed by atoms with E-state index in [0.29, 0.717) is 4.48 Å². The standard InChI is InChI=1S/C11H10Br2O6/c1-17-8(14)5-6(9(15)18-2)11(13)3-4(12)7(5)19-10(11)16/h3,5-7H,1-2H3/t5-,6+,7+,11+/m0/s1. The average molecular weight is 398 g/mol. The van der Waals surface area contributed by atoms with Gasteiger partial charge in [0.2, 0.25) is 0 Å². The second-order valence-corrected chi connectivity index (χ2v) is 6.40. The van der Waals surface area contributed by atoms with Crippen LogP contribution in [0.5, 0.6) is 0 Å². The minimum atomic E-state index is -1.42. The second kappa shape index (κ2) is 4.90. The fourth-order valence-corrected chi connectivity index (χ4v) is 4.20. The lowest BCUT2D eigenvalue weighted by Gasteiger charge is -2.46. The van der Waals surface area contributed by atoms with Gasteiger partial charge in [-0.3, -0.25) is 14.4 Å². The molecule has 1 saturated heterocycles. The zero-order valence-corrected chi connectivity index (χ0v) is 13.2. The van der Waals surface area contributed by atoms with Crippen molar-refractivity contribution in [2.24, 2.45) is 11.8 Å². The monoisotopic (exact) mass is 396 g/mol. The zero-order valence-electron chi connectivity index (χ0n) is 10.0. The van der Waals surface area contributed by atoms with Gasteiger partial charge >= 0.3 is 17.9 Å². The molecular formula is C11H10Br2O6. The van der Waals surface area contributed by atoms with Gasteiger partial charge in [0, 0.05) is 4.48 Å². The largest absolute Gasteiger partial charge is 0.469 e. The summed E-state index contributed by atoms with van der Waals surface area (Å²) in [7, 11) is 2.40. The Morgan fingerprint density at radius 3 is 2.42 bits per heavy atom. The lowest BCUT2D eigenvalue weighted by molar-refractivity contribution is -0.182. The van der Waals surface area contributed by atoms with Gasteiger partial charge in [-0.2, -0.15) is 0 Å². The molecule has 6 nitrogen and oxygen atoms in total. The van der Waals surface area contributed by atoms with Gasteiger partial charge in [0.05, 0.1) is 14.2 Å². The first-order valence-corrected chi connectivity index (χ1v) is 6.89. The van der Waals surface area contributed by atoms with E-state index < -0.39 is 40.2 Å². The minimum Gasteiger partial charge on any atom is -0.469 e. The van der Waals surface area contributed by atoms with Gasteiger partial charge in [0.15, 0.2) is 4.32 Å². The molecule has 2 bridgehead atoms. The van der Waals surface area contributed by atoms with E-state index in [1.807, 2.05) is 0 Å². The molecule has 0 aromatic rings. The van der Waals surface area contributed by atoms with E-state index >= 15 is 0 Å². The quantitative estimate of drug-likeness (QED) is 0.391. The van der Waals surface area contributed by atoms with E-state index in [9.17, 15) is 14.4 Å². The summed E-state index contributed by atoms with van der Waals surface area (Å²) in [5.74, 6) is -3.92. The van der Waals surface area contributed by atoms with Crippen LogP contribution < -0.4 is 0 Å². The Hall–Kier alpha value is -0.890. The van der Waals surface area contributed by atoms with Crippen LogP contribution in [0.1, 0.15) is 0 Å². The van der Waals surface area contributed by atoms with Gasteiger partial charge in [-0.1, -0.05) is 31.9 Å². The molecule has 8 heteroatoms. The predicted octanol–water partition coefficient (Wildman–Crippen LogP) is 0.916. The summed E-state index contributed by atoms with van der Waals surface area (Å²) in [4.78, 5) is 35.7. The molecule has 0 unspecified atom stereocenters. The highest BCUT2D eigenvalue weighted by Crippen LogP contribution is 2.51. The molecule has 19 heavy (non-hydrogen) atoms. The van der Waals surface area contributed by atoms with Gasteiger partial charge < -0.3 is 14.2 Å². The molecule has 0 saturated carbocycles. The van der Waals surface area contributed by atoms with Crippen molar-refractivity contribution in [2.75, 3.05) is 14.2 Å². The molecule has 0 radical (unpaired) electrons. The molecule has 1 aliphatic carbocycles. The molecule has 0 aromatic carbocycles. The number of rotatable bonds is 2. The maximum Gasteiger partial charge on any atom is 0.328 e. The minimum absolute atomic E-state index is 0.513. The lowest BCUT2D eigenvalue weighted by atomic mass is 9.71. The molecule has 1 fully saturated rings. The van der Waals surface area contributed by atoms with Crippen molar-refractivity contribution in [1.82, 2.24) is 0 Å². The third kappa shape index (κ3) is 2.01. The van der Waals surface area contributed by atoms with E-state index in [1.54, 1.807) is 0 Å². The number of alkyl halides is 1. The van der Waals surface area contributed by atoms with E-state index in [0.717, 1.165) is 0 Å². The average Bonchev–Trinajstić information content (AvgIpc) is 2.38. The number of carbonyl (C=O) groups is 3. The van der Waals surface area contributed by atoms with E-state index in [4.69, 9.17) is 4.74 Å². The summed E-state index contributed by atoms with van der Waals surface area (Å²) < 4.78 is 13.6. The van der Waals surface area contributed by atoms with Crippen molar-refractivity contribution in [3.8, 4) is 0 Å². The molecule has 0 amide bonds. The number of methoxy groups -OCH3 is 2. The van der Waals surface area contributed by atoms with Gasteiger partial charge in [-0.15, -0.1) is 0 Å². The number of hydrogen-bond donors (Lipinski definition) is 0. The highest BCUT2D eigenvalue weighted by atomic mass is 79.9. The SMILES string of the molecule is COC(=O)[C@@H]1[C@@H]2OC(=O)[C@@](Br)(C=C2Br)[C@H]1C(=O)OC. The predicted molar refractivity (Wildman–Crippen MR) is 69.6 cm³/mol. The van der Waals surface area contributed by atoms with Crippen LogP contribution in [0.3, 0.4) is 0 Å². The maximum atomic E-state index is 11.9. The third-order valence-electron chi connectivity index (χ3n) is 3.23.